The number of amides is 1. The Labute approximate surface area is 157 Å². The van der Waals surface area contributed by atoms with Gasteiger partial charge in [0, 0.05) is 19.6 Å². The van der Waals surface area contributed by atoms with Crippen LogP contribution < -0.4 is 0 Å². The predicted octanol–water partition coefficient (Wildman–Crippen LogP) is 0.433. The lowest BCUT2D eigenvalue weighted by atomic mass is 10.2. The molecule has 0 radical (unpaired) electrons. The molecule has 1 amide bonds. The number of ether oxygens (including phenoxy) is 1. The molecule has 9 nitrogen and oxygen atoms in total. The minimum atomic E-state index is -0.894. The first-order valence-electron chi connectivity index (χ1n) is 8.74. The van der Waals surface area contributed by atoms with Crippen molar-refractivity contribution in [2.45, 2.75) is 13.0 Å². The molecule has 0 saturated carbocycles. The van der Waals surface area contributed by atoms with Crippen molar-refractivity contribution in [3.05, 3.63) is 41.7 Å². The molecule has 1 N–H and O–H groups in total. The van der Waals surface area contributed by atoms with Gasteiger partial charge in [0.05, 0.1) is 30.6 Å². The highest BCUT2D eigenvalue weighted by Crippen LogP contribution is 2.15. The lowest BCUT2D eigenvalue weighted by Gasteiger charge is -2.34. The van der Waals surface area contributed by atoms with E-state index in [-0.39, 0.29) is 18.6 Å². The Balaban J connectivity index is 1.69. The zero-order chi connectivity index (χ0) is 19.4. The summed E-state index contributed by atoms with van der Waals surface area (Å²) >= 11 is 0. The Kier molecular flexibility index (Phi) is 5.82. The summed E-state index contributed by atoms with van der Waals surface area (Å²) in [5.41, 5.74) is 1.84. The Hall–Kier alpha value is -2.78. The number of rotatable bonds is 6. The average Bonchev–Trinajstić information content (AvgIpc) is 3.02. The van der Waals surface area contributed by atoms with Crippen molar-refractivity contribution in [2.75, 3.05) is 39.8 Å². The molecule has 1 aliphatic rings. The minimum Gasteiger partial charge on any atom is -0.480 e. The van der Waals surface area contributed by atoms with Crippen LogP contribution in [0.3, 0.4) is 0 Å². The van der Waals surface area contributed by atoms with Gasteiger partial charge in [-0.15, -0.1) is 5.10 Å². The topological polar surface area (TPSA) is 101 Å². The van der Waals surface area contributed by atoms with Gasteiger partial charge in [-0.2, -0.15) is 0 Å². The van der Waals surface area contributed by atoms with Gasteiger partial charge in [0.25, 0.3) is 5.91 Å². The van der Waals surface area contributed by atoms with Crippen molar-refractivity contribution in [1.29, 1.82) is 0 Å². The van der Waals surface area contributed by atoms with Crippen LogP contribution in [0.1, 0.15) is 16.2 Å². The fourth-order valence-electron chi connectivity index (χ4n) is 3.15. The minimum absolute atomic E-state index is 0.0711. The maximum Gasteiger partial charge on any atom is 0.317 e. The first kappa shape index (κ1) is 19.0. The largest absolute Gasteiger partial charge is 0.480 e. The number of para-hydroxylation sites is 1. The van der Waals surface area contributed by atoms with Crippen LogP contribution in [-0.4, -0.2) is 87.7 Å². The first-order valence-corrected chi connectivity index (χ1v) is 8.74. The van der Waals surface area contributed by atoms with E-state index < -0.39 is 5.97 Å². The standard InChI is InChI=1S/C18H23N5O4/c1-13-17(19-20-23(13)14-6-4-3-5-7-14)18(26)22-8-9-27-15(11-22)10-21(2)12-16(24)25/h3-7,15H,8-12H2,1-2H3,(H,24,25). The molecule has 1 atom stereocenters. The Morgan fingerprint density at radius 1 is 1.33 bits per heavy atom. The summed E-state index contributed by atoms with van der Waals surface area (Å²) < 4.78 is 7.33. The van der Waals surface area contributed by atoms with E-state index in [9.17, 15) is 9.59 Å². The molecule has 1 aromatic carbocycles. The van der Waals surface area contributed by atoms with Crippen LogP contribution in [0.5, 0.6) is 0 Å². The number of aliphatic carboxylic acids is 1. The molecule has 0 bridgehead atoms. The third-order valence-corrected chi connectivity index (χ3v) is 4.44. The zero-order valence-corrected chi connectivity index (χ0v) is 15.4. The number of likely N-dealkylation sites (N-methyl/N-ethyl adjacent to an activating group) is 1. The summed E-state index contributed by atoms with van der Waals surface area (Å²) in [6, 6.07) is 9.52. The van der Waals surface area contributed by atoms with Crippen molar-refractivity contribution in [1.82, 2.24) is 24.8 Å². The Bertz CT molecular complexity index is 807. The number of morpholine rings is 1. The molecule has 0 aliphatic carbocycles. The van der Waals surface area contributed by atoms with Gasteiger partial charge >= 0.3 is 5.97 Å². The third-order valence-electron chi connectivity index (χ3n) is 4.44. The van der Waals surface area contributed by atoms with Gasteiger partial charge in [0.15, 0.2) is 5.69 Å². The number of hydrogen-bond acceptors (Lipinski definition) is 6. The van der Waals surface area contributed by atoms with Gasteiger partial charge in [0.1, 0.15) is 0 Å². The van der Waals surface area contributed by atoms with Gasteiger partial charge in [-0.05, 0) is 26.1 Å². The van der Waals surface area contributed by atoms with E-state index >= 15 is 0 Å². The molecule has 3 rings (SSSR count). The molecule has 2 aromatic rings. The van der Waals surface area contributed by atoms with Crippen molar-refractivity contribution >= 4 is 11.9 Å². The van der Waals surface area contributed by atoms with Crippen LogP contribution in [-0.2, 0) is 9.53 Å². The predicted molar refractivity (Wildman–Crippen MR) is 96.9 cm³/mol. The van der Waals surface area contributed by atoms with E-state index in [1.54, 1.807) is 21.5 Å². The maximum absolute atomic E-state index is 12.9. The summed E-state index contributed by atoms with van der Waals surface area (Å²) in [7, 11) is 1.72. The number of hydrogen-bond donors (Lipinski definition) is 1. The molecule has 2 heterocycles. The van der Waals surface area contributed by atoms with Gasteiger partial charge in [0.2, 0.25) is 0 Å². The molecule has 1 aromatic heterocycles. The maximum atomic E-state index is 12.9. The highest BCUT2D eigenvalue weighted by Gasteiger charge is 2.29. The van der Waals surface area contributed by atoms with Crippen LogP contribution >= 0.6 is 0 Å². The van der Waals surface area contributed by atoms with Crippen LogP contribution in [0.25, 0.3) is 5.69 Å². The van der Waals surface area contributed by atoms with Crippen LogP contribution in [0.15, 0.2) is 30.3 Å². The molecule has 27 heavy (non-hydrogen) atoms. The van der Waals surface area contributed by atoms with E-state index in [1.165, 1.54) is 0 Å². The number of carbonyl (C=O) groups excluding carboxylic acids is 1. The SMILES string of the molecule is Cc1c(C(=O)N2CCOC(CN(C)CC(=O)O)C2)nnn1-c1ccccc1. The normalized spacial score (nSPS) is 17.3. The quantitative estimate of drug-likeness (QED) is 0.784. The summed E-state index contributed by atoms with van der Waals surface area (Å²) in [4.78, 5) is 27.1. The Morgan fingerprint density at radius 3 is 2.78 bits per heavy atom. The van der Waals surface area contributed by atoms with E-state index in [2.05, 4.69) is 10.3 Å². The highest BCUT2D eigenvalue weighted by molar-refractivity contribution is 5.93. The fraction of sp³-hybridized carbons (Fsp3) is 0.444. The second-order valence-corrected chi connectivity index (χ2v) is 6.61. The molecule has 9 heteroatoms. The summed E-state index contributed by atoms with van der Waals surface area (Å²) in [6.07, 6.45) is -0.239. The average molecular weight is 373 g/mol. The number of carboxylic acids is 1. The molecular weight excluding hydrogens is 350 g/mol. The fourth-order valence-corrected chi connectivity index (χ4v) is 3.15. The van der Waals surface area contributed by atoms with Crippen molar-refractivity contribution < 1.29 is 19.4 Å². The smallest absolute Gasteiger partial charge is 0.317 e. The number of benzene rings is 1. The lowest BCUT2D eigenvalue weighted by Crippen LogP contribution is -2.49. The summed E-state index contributed by atoms with van der Waals surface area (Å²) in [6.45, 7) is 3.45. The van der Waals surface area contributed by atoms with E-state index in [4.69, 9.17) is 9.84 Å². The number of carbonyl (C=O) groups is 2. The zero-order valence-electron chi connectivity index (χ0n) is 15.4. The second kappa shape index (κ2) is 8.28. The second-order valence-electron chi connectivity index (χ2n) is 6.61. The van der Waals surface area contributed by atoms with Gasteiger partial charge < -0.3 is 14.7 Å². The van der Waals surface area contributed by atoms with Crippen molar-refractivity contribution in [3.8, 4) is 5.69 Å². The van der Waals surface area contributed by atoms with E-state index in [0.717, 1.165) is 5.69 Å². The molecular formula is C18H23N5O4. The number of nitrogens with zero attached hydrogens (tertiary/aromatic N) is 5. The molecule has 1 unspecified atom stereocenters. The summed E-state index contributed by atoms with van der Waals surface area (Å²) in [5, 5.41) is 17.1. The Morgan fingerprint density at radius 2 is 2.07 bits per heavy atom. The van der Waals surface area contributed by atoms with Crippen LogP contribution in [0.4, 0.5) is 0 Å². The van der Waals surface area contributed by atoms with Gasteiger partial charge in [-0.1, -0.05) is 23.4 Å². The number of carboxylic acid groups (broad SMARTS) is 1. The molecule has 0 spiro atoms. The van der Waals surface area contributed by atoms with Gasteiger partial charge in [-0.3, -0.25) is 14.5 Å². The van der Waals surface area contributed by atoms with Crippen molar-refractivity contribution in [3.63, 3.8) is 0 Å². The molecule has 1 aliphatic heterocycles. The first-order chi connectivity index (χ1) is 13.0. The van der Waals surface area contributed by atoms with Crippen LogP contribution in [0.2, 0.25) is 0 Å². The molecule has 144 valence electrons. The summed E-state index contributed by atoms with van der Waals surface area (Å²) in [5.74, 6) is -1.08. The highest BCUT2D eigenvalue weighted by atomic mass is 16.5. The molecule has 1 saturated heterocycles. The lowest BCUT2D eigenvalue weighted by molar-refractivity contribution is -0.138. The van der Waals surface area contributed by atoms with Gasteiger partial charge in [-0.25, -0.2) is 4.68 Å². The van der Waals surface area contributed by atoms with Crippen molar-refractivity contribution in [2.24, 2.45) is 0 Å². The number of aromatic nitrogens is 3. The third kappa shape index (κ3) is 4.50. The van der Waals surface area contributed by atoms with Crippen LogP contribution in [0, 0.1) is 6.92 Å². The monoisotopic (exact) mass is 373 g/mol. The molecule has 1 fully saturated rings. The van der Waals surface area contributed by atoms with E-state index in [0.29, 0.717) is 37.6 Å². The van der Waals surface area contributed by atoms with E-state index in [1.807, 2.05) is 37.3 Å².